The van der Waals surface area contributed by atoms with Crippen molar-refractivity contribution in [1.29, 1.82) is 0 Å². The molecule has 140 valence electrons. The molecule has 0 aliphatic rings. The van der Waals surface area contributed by atoms with E-state index in [1.807, 2.05) is 46.8 Å². The van der Waals surface area contributed by atoms with Gasteiger partial charge in [0.2, 0.25) is 5.91 Å². The van der Waals surface area contributed by atoms with E-state index in [4.69, 9.17) is 15.2 Å². The Morgan fingerprint density at radius 1 is 1.08 bits per heavy atom. The van der Waals surface area contributed by atoms with Crippen LogP contribution in [0.15, 0.2) is 6.08 Å². The molecule has 0 unspecified atom stereocenters. The third-order valence-electron chi connectivity index (χ3n) is 4.34. The molecule has 5 nitrogen and oxygen atoms in total. The molecular weight excluding hydrogens is 316 g/mol. The van der Waals surface area contributed by atoms with Crippen LogP contribution >= 0.6 is 0 Å². The number of rotatable bonds is 8. The van der Waals surface area contributed by atoms with E-state index in [1.165, 1.54) is 0 Å². The molecule has 0 fully saturated rings. The lowest BCUT2D eigenvalue weighted by atomic mass is 9.96. The normalized spacial score (nSPS) is 12.5. The van der Waals surface area contributed by atoms with Gasteiger partial charge in [0.25, 0.3) is 0 Å². The summed E-state index contributed by atoms with van der Waals surface area (Å²) in [5.74, 6) is 1.63. The van der Waals surface area contributed by atoms with Gasteiger partial charge in [-0.05, 0) is 58.6 Å². The minimum atomic E-state index is -0.496. The molecule has 1 atom stereocenters. The summed E-state index contributed by atoms with van der Waals surface area (Å²) in [6, 6.07) is -0.395. The maximum Gasteiger partial charge on any atom is 0.237 e. The fourth-order valence-electron chi connectivity index (χ4n) is 2.89. The smallest absolute Gasteiger partial charge is 0.237 e. The largest absolute Gasteiger partial charge is 0.496 e. The Labute approximate surface area is 151 Å². The average Bonchev–Trinajstić information content (AvgIpc) is 2.55. The Hall–Kier alpha value is -2.01. The van der Waals surface area contributed by atoms with Gasteiger partial charge in [-0.2, -0.15) is 0 Å². The molecule has 0 aliphatic heterocycles. The van der Waals surface area contributed by atoms with Crippen molar-refractivity contribution in [3.8, 4) is 11.5 Å². The van der Waals surface area contributed by atoms with Crippen LogP contribution in [-0.4, -0.2) is 32.2 Å². The zero-order valence-corrected chi connectivity index (χ0v) is 16.5. The molecule has 0 radical (unpaired) electrons. The second-order valence-corrected chi connectivity index (χ2v) is 6.60. The highest BCUT2D eigenvalue weighted by atomic mass is 16.5. The molecule has 3 N–H and O–H groups in total. The molecule has 0 heterocycles. The van der Waals surface area contributed by atoms with Crippen molar-refractivity contribution in [2.45, 2.75) is 59.5 Å². The van der Waals surface area contributed by atoms with E-state index in [0.29, 0.717) is 12.8 Å². The number of methoxy groups -OCH3 is 2. The monoisotopic (exact) mass is 348 g/mol. The number of carbonyl (C=O) groups is 1. The molecule has 1 aromatic carbocycles. The van der Waals surface area contributed by atoms with E-state index in [9.17, 15) is 4.79 Å². The minimum absolute atomic E-state index is 0.101. The summed E-state index contributed by atoms with van der Waals surface area (Å²) in [7, 11) is 3.36. The number of allylic oxidation sites excluding steroid dienone is 1. The Balaban J connectivity index is 2.91. The summed E-state index contributed by atoms with van der Waals surface area (Å²) in [4.78, 5) is 11.8. The topological polar surface area (TPSA) is 73.6 Å². The summed E-state index contributed by atoms with van der Waals surface area (Å²) in [5, 5.41) is 2.83. The minimum Gasteiger partial charge on any atom is -0.496 e. The molecule has 0 aliphatic carbocycles. The van der Waals surface area contributed by atoms with Gasteiger partial charge in [0.1, 0.15) is 11.5 Å². The highest BCUT2D eigenvalue weighted by Crippen LogP contribution is 2.38. The lowest BCUT2D eigenvalue weighted by Gasteiger charge is -2.18. The van der Waals surface area contributed by atoms with Crippen LogP contribution in [0.1, 0.15) is 48.9 Å². The molecule has 0 spiro atoms. The molecule has 1 aromatic rings. The second-order valence-electron chi connectivity index (χ2n) is 6.60. The van der Waals surface area contributed by atoms with Gasteiger partial charge in [-0.1, -0.05) is 12.2 Å². The molecule has 0 aromatic heterocycles. The van der Waals surface area contributed by atoms with Crippen molar-refractivity contribution < 1.29 is 14.3 Å². The van der Waals surface area contributed by atoms with E-state index in [0.717, 1.165) is 33.8 Å². The number of hydrogen-bond acceptors (Lipinski definition) is 4. The molecule has 5 heteroatoms. The summed E-state index contributed by atoms with van der Waals surface area (Å²) in [5.41, 5.74) is 10.1. The standard InChI is InChI=1S/C20H32N2O3/c1-12(2)22-20(23)17(21)11-9-8-10-16-15(5)18(24-6)13(3)14(4)19(16)25-7/h8,10,12,17H,9,11,21H2,1-7H3,(H,22,23)/b10-8-/t17-/m0/s1. The van der Waals surface area contributed by atoms with Crippen molar-refractivity contribution in [3.63, 3.8) is 0 Å². The van der Waals surface area contributed by atoms with E-state index >= 15 is 0 Å². The van der Waals surface area contributed by atoms with Crippen LogP contribution in [0.2, 0.25) is 0 Å². The third-order valence-corrected chi connectivity index (χ3v) is 4.34. The van der Waals surface area contributed by atoms with E-state index in [1.54, 1.807) is 14.2 Å². The van der Waals surface area contributed by atoms with Crippen molar-refractivity contribution in [2.75, 3.05) is 14.2 Å². The van der Waals surface area contributed by atoms with Gasteiger partial charge in [-0.15, -0.1) is 0 Å². The second kappa shape index (κ2) is 9.47. The van der Waals surface area contributed by atoms with Crippen molar-refractivity contribution in [1.82, 2.24) is 5.32 Å². The number of ether oxygens (including phenoxy) is 2. The molecule has 0 saturated carbocycles. The lowest BCUT2D eigenvalue weighted by molar-refractivity contribution is -0.122. The zero-order valence-electron chi connectivity index (χ0n) is 16.5. The predicted octanol–water partition coefficient (Wildman–Crippen LogP) is 3.27. The molecule has 25 heavy (non-hydrogen) atoms. The molecule has 0 saturated heterocycles. The predicted molar refractivity (Wildman–Crippen MR) is 103 cm³/mol. The van der Waals surface area contributed by atoms with Crippen LogP contribution < -0.4 is 20.5 Å². The van der Waals surface area contributed by atoms with Crippen molar-refractivity contribution in [2.24, 2.45) is 5.73 Å². The molecule has 0 bridgehead atoms. The van der Waals surface area contributed by atoms with Gasteiger partial charge in [0, 0.05) is 17.2 Å². The van der Waals surface area contributed by atoms with Gasteiger partial charge in [-0.3, -0.25) is 4.79 Å². The molecule has 1 amide bonds. The Bertz CT molecular complexity index is 637. The van der Waals surface area contributed by atoms with Gasteiger partial charge < -0.3 is 20.5 Å². The van der Waals surface area contributed by atoms with Gasteiger partial charge in [0.05, 0.1) is 20.3 Å². The van der Waals surface area contributed by atoms with E-state index in [-0.39, 0.29) is 11.9 Å². The SMILES string of the molecule is COc1c(C)c(C)c(OC)c(/C=C\CC[C@H](N)C(=O)NC(C)C)c1C. The van der Waals surface area contributed by atoms with Crippen LogP contribution in [0.25, 0.3) is 6.08 Å². The summed E-state index contributed by atoms with van der Waals surface area (Å²) < 4.78 is 11.1. The number of nitrogens with one attached hydrogen (secondary N) is 1. The quantitative estimate of drug-likeness (QED) is 0.756. The van der Waals surface area contributed by atoms with Crippen molar-refractivity contribution in [3.05, 3.63) is 28.3 Å². The fraction of sp³-hybridized carbons (Fsp3) is 0.550. The Morgan fingerprint density at radius 2 is 1.64 bits per heavy atom. The first kappa shape index (κ1) is 21.0. The van der Waals surface area contributed by atoms with Crippen LogP contribution in [0.5, 0.6) is 11.5 Å². The van der Waals surface area contributed by atoms with Crippen LogP contribution in [-0.2, 0) is 4.79 Å². The van der Waals surface area contributed by atoms with Gasteiger partial charge in [0.15, 0.2) is 0 Å². The average molecular weight is 348 g/mol. The maximum atomic E-state index is 11.8. The number of hydrogen-bond donors (Lipinski definition) is 2. The van der Waals surface area contributed by atoms with E-state index < -0.39 is 6.04 Å². The van der Waals surface area contributed by atoms with Crippen LogP contribution in [0.3, 0.4) is 0 Å². The summed E-state index contributed by atoms with van der Waals surface area (Å²) in [6.07, 6.45) is 5.36. The van der Waals surface area contributed by atoms with Gasteiger partial charge >= 0.3 is 0 Å². The third kappa shape index (κ3) is 5.23. The molecular formula is C20H32N2O3. The number of carbonyl (C=O) groups excluding carboxylic acids is 1. The number of amides is 1. The maximum absolute atomic E-state index is 11.8. The lowest BCUT2D eigenvalue weighted by Crippen LogP contribution is -2.43. The first-order chi connectivity index (χ1) is 11.7. The fourth-order valence-corrected chi connectivity index (χ4v) is 2.89. The van der Waals surface area contributed by atoms with Crippen LogP contribution in [0.4, 0.5) is 0 Å². The molecule has 1 rings (SSSR count). The zero-order chi connectivity index (χ0) is 19.1. The summed E-state index contributed by atoms with van der Waals surface area (Å²) in [6.45, 7) is 9.93. The first-order valence-corrected chi connectivity index (χ1v) is 8.68. The van der Waals surface area contributed by atoms with Gasteiger partial charge in [-0.25, -0.2) is 0 Å². The highest BCUT2D eigenvalue weighted by molar-refractivity contribution is 5.81. The summed E-state index contributed by atoms with van der Waals surface area (Å²) >= 11 is 0. The highest BCUT2D eigenvalue weighted by Gasteiger charge is 2.17. The van der Waals surface area contributed by atoms with E-state index in [2.05, 4.69) is 5.32 Å². The Morgan fingerprint density at radius 3 is 2.16 bits per heavy atom. The van der Waals surface area contributed by atoms with Crippen LogP contribution in [0, 0.1) is 20.8 Å². The Kier molecular flexibility index (Phi) is 7.97. The van der Waals surface area contributed by atoms with Crippen molar-refractivity contribution >= 4 is 12.0 Å². The number of benzene rings is 1. The number of nitrogens with two attached hydrogens (primary N) is 1. The first-order valence-electron chi connectivity index (χ1n) is 8.68.